The van der Waals surface area contributed by atoms with Crippen LogP contribution < -0.4 is 14.2 Å². The number of carbonyl (C=O) groups excluding carboxylic acids is 1. The summed E-state index contributed by atoms with van der Waals surface area (Å²) in [6, 6.07) is 7.44. The van der Waals surface area contributed by atoms with E-state index in [0.29, 0.717) is 28.4 Å². The van der Waals surface area contributed by atoms with Crippen molar-refractivity contribution < 1.29 is 33.4 Å². The summed E-state index contributed by atoms with van der Waals surface area (Å²) in [4.78, 5) is 23.1. The average Bonchev–Trinajstić information content (AvgIpc) is 2.70. The number of methoxy groups -OCH3 is 2. The van der Waals surface area contributed by atoms with Gasteiger partial charge in [0.1, 0.15) is 29.4 Å². The fourth-order valence-electron chi connectivity index (χ4n) is 2.69. The summed E-state index contributed by atoms with van der Waals surface area (Å²) in [6.07, 6.45) is 0. The molecule has 1 aliphatic rings. The molecule has 0 atom stereocenters. The molecule has 0 aromatic heterocycles. The highest BCUT2D eigenvalue weighted by Crippen LogP contribution is 2.33. The molecular formula is C18H17NO8. The third-order valence-corrected chi connectivity index (χ3v) is 3.97. The minimum Gasteiger partial charge on any atom is -0.497 e. The van der Waals surface area contributed by atoms with E-state index in [9.17, 15) is 14.9 Å². The number of nitrogens with zero attached hydrogens (tertiary/aromatic N) is 1. The van der Waals surface area contributed by atoms with Crippen molar-refractivity contribution in [2.75, 3.05) is 21.0 Å². The van der Waals surface area contributed by atoms with Gasteiger partial charge in [0.05, 0.1) is 25.7 Å². The van der Waals surface area contributed by atoms with Crippen molar-refractivity contribution >= 4 is 11.7 Å². The lowest BCUT2D eigenvalue weighted by Gasteiger charge is -2.20. The highest BCUT2D eigenvalue weighted by Gasteiger charge is 2.23. The fraction of sp³-hybridized carbons (Fsp3) is 0.278. The zero-order valence-corrected chi connectivity index (χ0v) is 14.7. The van der Waals surface area contributed by atoms with Crippen LogP contribution >= 0.6 is 0 Å². The van der Waals surface area contributed by atoms with Crippen LogP contribution in [-0.2, 0) is 22.7 Å². The molecule has 1 heterocycles. The van der Waals surface area contributed by atoms with E-state index in [4.69, 9.17) is 23.7 Å². The van der Waals surface area contributed by atoms with Gasteiger partial charge in [-0.3, -0.25) is 10.1 Å². The maximum atomic E-state index is 12.5. The zero-order chi connectivity index (χ0) is 19.4. The van der Waals surface area contributed by atoms with E-state index in [1.807, 2.05) is 0 Å². The van der Waals surface area contributed by atoms with Crippen molar-refractivity contribution in [2.45, 2.75) is 13.2 Å². The van der Waals surface area contributed by atoms with Crippen LogP contribution in [0.25, 0.3) is 0 Å². The van der Waals surface area contributed by atoms with Gasteiger partial charge in [-0.2, -0.15) is 0 Å². The maximum absolute atomic E-state index is 12.5. The molecule has 9 nitrogen and oxygen atoms in total. The van der Waals surface area contributed by atoms with Crippen molar-refractivity contribution in [3.05, 3.63) is 57.1 Å². The number of nitro groups is 1. The summed E-state index contributed by atoms with van der Waals surface area (Å²) in [7, 11) is 2.91. The zero-order valence-electron chi connectivity index (χ0n) is 14.7. The van der Waals surface area contributed by atoms with E-state index in [-0.39, 0.29) is 31.3 Å². The number of ether oxygens (including phenoxy) is 5. The molecule has 0 unspecified atom stereocenters. The third kappa shape index (κ3) is 3.93. The predicted octanol–water partition coefficient (Wildman–Crippen LogP) is 2.84. The van der Waals surface area contributed by atoms with Gasteiger partial charge in [0.25, 0.3) is 5.69 Å². The minimum atomic E-state index is -0.655. The van der Waals surface area contributed by atoms with Crippen molar-refractivity contribution in [3.8, 4) is 17.2 Å². The smallest absolute Gasteiger partial charge is 0.342 e. The van der Waals surface area contributed by atoms with Crippen LogP contribution in [0.4, 0.5) is 5.69 Å². The van der Waals surface area contributed by atoms with Crippen molar-refractivity contribution in [2.24, 2.45) is 0 Å². The van der Waals surface area contributed by atoms with Crippen molar-refractivity contribution in [1.29, 1.82) is 0 Å². The van der Waals surface area contributed by atoms with E-state index in [0.717, 1.165) is 0 Å². The highest BCUT2D eigenvalue weighted by atomic mass is 16.7. The number of hydrogen-bond donors (Lipinski definition) is 0. The standard InChI is InChI=1S/C18H17NO8/c1-23-14-3-4-16(24-2)15(7-14)18(20)26-9-12-6-13(19(21)22)5-11-8-25-10-27-17(11)12/h3-7H,8-10H2,1-2H3. The third-order valence-electron chi connectivity index (χ3n) is 3.97. The van der Waals surface area contributed by atoms with Gasteiger partial charge < -0.3 is 23.7 Å². The lowest BCUT2D eigenvalue weighted by molar-refractivity contribution is -0.385. The Labute approximate surface area is 154 Å². The van der Waals surface area contributed by atoms with Crippen LogP contribution in [0.5, 0.6) is 17.2 Å². The molecule has 27 heavy (non-hydrogen) atoms. The summed E-state index contributed by atoms with van der Waals surface area (Å²) in [5, 5.41) is 11.1. The largest absolute Gasteiger partial charge is 0.497 e. The molecule has 0 amide bonds. The molecule has 0 radical (unpaired) electrons. The monoisotopic (exact) mass is 375 g/mol. The Morgan fingerprint density at radius 1 is 1.22 bits per heavy atom. The predicted molar refractivity (Wildman–Crippen MR) is 92.0 cm³/mol. The Kier molecular flexibility index (Phi) is 5.41. The molecule has 0 spiro atoms. The first kappa shape index (κ1) is 18.5. The van der Waals surface area contributed by atoms with Gasteiger partial charge in [0.15, 0.2) is 6.79 Å². The number of nitro benzene ring substituents is 1. The molecule has 3 rings (SSSR count). The SMILES string of the molecule is COc1ccc(OC)c(C(=O)OCc2cc([N+](=O)[O-])cc3c2OCOC3)c1. The Balaban J connectivity index is 1.85. The Morgan fingerprint density at radius 3 is 2.74 bits per heavy atom. The van der Waals surface area contributed by atoms with E-state index < -0.39 is 10.9 Å². The second-order valence-electron chi connectivity index (χ2n) is 5.60. The topological polar surface area (TPSA) is 106 Å². The number of hydrogen-bond acceptors (Lipinski definition) is 8. The van der Waals surface area contributed by atoms with Gasteiger partial charge in [-0.25, -0.2) is 4.79 Å². The molecule has 0 saturated heterocycles. The van der Waals surface area contributed by atoms with Gasteiger partial charge >= 0.3 is 5.97 Å². The summed E-state index contributed by atoms with van der Waals surface area (Å²) < 4.78 is 26.2. The molecule has 0 N–H and O–H groups in total. The number of carbonyl (C=O) groups is 1. The first-order valence-electron chi connectivity index (χ1n) is 7.93. The minimum absolute atomic E-state index is 0.0233. The number of rotatable bonds is 6. The lowest BCUT2D eigenvalue weighted by atomic mass is 10.1. The van der Waals surface area contributed by atoms with Gasteiger partial charge in [-0.1, -0.05) is 0 Å². The number of esters is 1. The second kappa shape index (κ2) is 7.92. The number of benzene rings is 2. The highest BCUT2D eigenvalue weighted by molar-refractivity contribution is 5.93. The molecular weight excluding hydrogens is 358 g/mol. The molecule has 9 heteroatoms. The molecule has 0 aliphatic carbocycles. The molecule has 1 aliphatic heterocycles. The van der Waals surface area contributed by atoms with E-state index in [2.05, 4.69) is 0 Å². The fourth-order valence-corrected chi connectivity index (χ4v) is 2.69. The van der Waals surface area contributed by atoms with Crippen LogP contribution in [0.3, 0.4) is 0 Å². The van der Waals surface area contributed by atoms with Crippen LogP contribution in [0, 0.1) is 10.1 Å². The van der Waals surface area contributed by atoms with E-state index in [1.165, 1.54) is 32.4 Å². The van der Waals surface area contributed by atoms with Gasteiger partial charge in [-0.05, 0) is 18.2 Å². The summed E-state index contributed by atoms with van der Waals surface area (Å²) in [6.45, 7) is 0.000339. The van der Waals surface area contributed by atoms with Crippen molar-refractivity contribution in [1.82, 2.24) is 0 Å². The van der Waals surface area contributed by atoms with E-state index >= 15 is 0 Å². The molecule has 0 bridgehead atoms. The Morgan fingerprint density at radius 2 is 2.04 bits per heavy atom. The molecule has 142 valence electrons. The van der Waals surface area contributed by atoms with Crippen LogP contribution in [0.2, 0.25) is 0 Å². The second-order valence-corrected chi connectivity index (χ2v) is 5.60. The van der Waals surface area contributed by atoms with Crippen LogP contribution in [-0.4, -0.2) is 31.9 Å². The summed E-state index contributed by atoms with van der Waals surface area (Å²) >= 11 is 0. The average molecular weight is 375 g/mol. The normalized spacial score (nSPS) is 12.5. The molecule has 2 aromatic carbocycles. The Hall–Kier alpha value is -3.33. The first-order chi connectivity index (χ1) is 13.0. The summed E-state index contributed by atoms with van der Waals surface area (Å²) in [5.74, 6) is 0.567. The van der Waals surface area contributed by atoms with Crippen molar-refractivity contribution in [3.63, 3.8) is 0 Å². The molecule has 2 aromatic rings. The number of non-ortho nitro benzene ring substituents is 1. The van der Waals surface area contributed by atoms with Gasteiger partial charge in [0.2, 0.25) is 0 Å². The molecule has 0 saturated carbocycles. The first-order valence-corrected chi connectivity index (χ1v) is 7.93. The van der Waals surface area contributed by atoms with Crippen LogP contribution in [0.15, 0.2) is 30.3 Å². The van der Waals surface area contributed by atoms with Gasteiger partial charge in [0, 0.05) is 23.3 Å². The lowest BCUT2D eigenvalue weighted by Crippen LogP contribution is -2.15. The Bertz CT molecular complexity index is 880. The van der Waals surface area contributed by atoms with E-state index in [1.54, 1.807) is 12.1 Å². The number of fused-ring (bicyclic) bond motifs is 1. The summed E-state index contributed by atoms with van der Waals surface area (Å²) in [5.41, 5.74) is 0.964. The molecule has 0 fully saturated rings. The quantitative estimate of drug-likeness (QED) is 0.431. The van der Waals surface area contributed by atoms with Gasteiger partial charge in [-0.15, -0.1) is 0 Å². The van der Waals surface area contributed by atoms with Crippen LogP contribution in [0.1, 0.15) is 21.5 Å². The maximum Gasteiger partial charge on any atom is 0.342 e.